The molecule has 4 rings (SSSR count). The first-order chi connectivity index (χ1) is 16.5. The summed E-state index contributed by atoms with van der Waals surface area (Å²) in [5, 5.41) is 10.3. The van der Waals surface area contributed by atoms with Crippen LogP contribution in [-0.2, 0) is 18.7 Å². The van der Waals surface area contributed by atoms with Crippen molar-refractivity contribution < 1.29 is 34.2 Å². The van der Waals surface area contributed by atoms with Gasteiger partial charge in [-0.15, -0.1) is 0 Å². The van der Waals surface area contributed by atoms with Crippen molar-refractivity contribution >= 4 is 44.7 Å². The molecule has 0 spiro atoms. The van der Waals surface area contributed by atoms with Crippen LogP contribution < -0.4 is 18.9 Å². The van der Waals surface area contributed by atoms with Crippen molar-refractivity contribution in [2.24, 2.45) is 0 Å². The number of carbonyl (C=O) groups is 1. The summed E-state index contributed by atoms with van der Waals surface area (Å²) in [6.07, 6.45) is 3.73. The third-order valence-electron chi connectivity index (χ3n) is 5.61. The number of rotatable bonds is 11. The first-order valence-corrected chi connectivity index (χ1v) is 13.0. The summed E-state index contributed by atoms with van der Waals surface area (Å²) in [4.78, 5) is 23.0. The molecule has 2 N–H and O–H groups in total. The van der Waals surface area contributed by atoms with Crippen molar-refractivity contribution in [2.45, 2.75) is 30.3 Å². The molecule has 0 unspecified atom stereocenters. The Labute approximate surface area is 235 Å². The van der Waals surface area contributed by atoms with Crippen molar-refractivity contribution in [2.75, 3.05) is 20.1 Å². The van der Waals surface area contributed by atoms with E-state index in [4.69, 9.17) is 4.98 Å². The molecule has 0 radical (unpaired) electrons. The Morgan fingerprint density at radius 3 is 2.67 bits per heavy atom. The molecule has 7 nitrogen and oxygen atoms in total. The number of fused-ring (bicyclic) bond motifs is 1. The Kier molecular flexibility index (Phi) is 12.2. The molecule has 2 heterocycles. The van der Waals surface area contributed by atoms with E-state index in [2.05, 4.69) is 55.6 Å². The van der Waals surface area contributed by atoms with Crippen LogP contribution in [0.5, 0.6) is 0 Å². The number of aryl methyl sites for hydroxylation is 1. The second kappa shape index (κ2) is 14.6. The van der Waals surface area contributed by atoms with Gasteiger partial charge in [0.1, 0.15) is 0 Å². The number of pyridine rings is 1. The minimum Gasteiger partial charge on any atom is -0.870 e. The van der Waals surface area contributed by atoms with E-state index in [9.17, 15) is 9.90 Å². The summed E-state index contributed by atoms with van der Waals surface area (Å²) in [7, 11) is 2.14. The summed E-state index contributed by atoms with van der Waals surface area (Å²) in [6.45, 7) is 2.72. The Balaban J connectivity index is 0.00000228. The monoisotopic (exact) mass is 562 g/mol. The maximum Gasteiger partial charge on any atom is 1.00 e. The number of carboxylic acid groups (broad SMARTS) is 1. The summed E-state index contributed by atoms with van der Waals surface area (Å²) in [5.74, 6) is -0.146. The maximum atomic E-state index is 11.4. The molecule has 0 aliphatic heterocycles. The van der Waals surface area contributed by atoms with Crippen LogP contribution in [0, 0.1) is 0 Å². The Morgan fingerprint density at radius 1 is 1.11 bits per heavy atom. The number of hydrogen-bond acceptors (Lipinski definition) is 6. The molecule has 2 aromatic heterocycles. The van der Waals surface area contributed by atoms with E-state index in [0.717, 1.165) is 64.6 Å². The van der Waals surface area contributed by atoms with Gasteiger partial charge in [0, 0.05) is 41.6 Å². The van der Waals surface area contributed by atoms with E-state index >= 15 is 0 Å². The number of thioether (sulfide) groups is 1. The molecule has 2 aromatic carbocycles. The van der Waals surface area contributed by atoms with Crippen molar-refractivity contribution in [3.05, 3.63) is 88.2 Å². The molecular weight excluding hydrogens is 535 g/mol. The summed E-state index contributed by atoms with van der Waals surface area (Å²) in [6, 6.07) is 19.5. The van der Waals surface area contributed by atoms with Crippen molar-refractivity contribution in [3.8, 4) is 0 Å². The fourth-order valence-corrected chi connectivity index (χ4v) is 5.23. The van der Waals surface area contributed by atoms with Gasteiger partial charge in [-0.1, -0.05) is 45.9 Å². The molecule has 0 fully saturated rings. The van der Waals surface area contributed by atoms with Gasteiger partial charge in [0.25, 0.3) is 0 Å². The number of halogens is 1. The molecule has 0 saturated carbocycles. The summed E-state index contributed by atoms with van der Waals surface area (Å²) >= 11 is 5.21. The largest absolute Gasteiger partial charge is 1.00 e. The molecule has 0 saturated heterocycles. The van der Waals surface area contributed by atoms with E-state index in [0.29, 0.717) is 0 Å². The van der Waals surface area contributed by atoms with Crippen LogP contribution in [0.15, 0.2) is 76.5 Å². The summed E-state index contributed by atoms with van der Waals surface area (Å²) in [5.41, 5.74) is 4.27. The molecule has 0 aliphatic carbocycles. The van der Waals surface area contributed by atoms with Gasteiger partial charge in [0.15, 0.2) is 5.16 Å². The van der Waals surface area contributed by atoms with Crippen molar-refractivity contribution in [3.63, 3.8) is 0 Å². The van der Waals surface area contributed by atoms with E-state index in [1.54, 1.807) is 23.9 Å². The smallest absolute Gasteiger partial charge is 0.870 e. The number of aromatic nitrogens is 3. The molecule has 4 aromatic rings. The van der Waals surface area contributed by atoms with E-state index in [1.165, 1.54) is 5.56 Å². The molecule has 36 heavy (non-hydrogen) atoms. The molecule has 184 valence electrons. The standard InChI is InChI=1S/C26H27BrN4O2S.Li.H2O/c1-30(15-11-22-8-2-3-12-28-22)13-5-14-31-24-10-9-20(25(32)33)17-23(24)29-26(31)34-18-19-6-4-7-21(27)16-19;;/h2-4,6-10,12,16-17H,5,11,13-15,18H2,1H3,(H,32,33);;1H2/q;+1;/p-1. The van der Waals surface area contributed by atoms with Crippen molar-refractivity contribution in [1.82, 2.24) is 19.4 Å². The molecule has 10 heteroatoms. The molecule has 0 atom stereocenters. The van der Waals surface area contributed by atoms with E-state index in [1.807, 2.05) is 36.5 Å². The number of aromatic carboxylic acids is 1. The average Bonchev–Trinajstić information content (AvgIpc) is 3.19. The average molecular weight is 563 g/mol. The van der Waals surface area contributed by atoms with Gasteiger partial charge in [-0.3, -0.25) is 4.98 Å². The molecule has 0 amide bonds. The van der Waals surface area contributed by atoms with Gasteiger partial charge >= 0.3 is 24.8 Å². The second-order valence-corrected chi connectivity index (χ2v) is 10.1. The SMILES string of the molecule is CN(CCCn1c(SCc2cccc(Br)c2)nc2cc(C(=O)O)ccc21)CCc1ccccn1.[Li+].[OH-]. The summed E-state index contributed by atoms with van der Waals surface area (Å²) < 4.78 is 3.27. The minimum atomic E-state index is -0.936. The first kappa shape index (κ1) is 30.1. The van der Waals surface area contributed by atoms with E-state index < -0.39 is 5.97 Å². The molecular formula is C26H28BrLiN4O3S. The zero-order valence-electron chi connectivity index (χ0n) is 20.5. The maximum absolute atomic E-state index is 11.4. The number of nitrogens with zero attached hydrogens (tertiary/aromatic N) is 4. The number of hydrogen-bond donors (Lipinski definition) is 1. The first-order valence-electron chi connectivity index (χ1n) is 11.2. The number of benzene rings is 2. The van der Waals surface area contributed by atoms with Crippen LogP contribution in [0.2, 0.25) is 0 Å². The Hall–Kier alpha value is -2.12. The van der Waals surface area contributed by atoms with Crippen LogP contribution in [0.3, 0.4) is 0 Å². The number of imidazole rings is 1. The van der Waals surface area contributed by atoms with Crippen LogP contribution in [0.1, 0.15) is 28.0 Å². The van der Waals surface area contributed by atoms with Crippen LogP contribution in [0.25, 0.3) is 11.0 Å². The molecule has 0 bridgehead atoms. The number of likely N-dealkylation sites (N-methyl/N-ethyl adjacent to an activating group) is 1. The van der Waals surface area contributed by atoms with Gasteiger partial charge in [-0.05, 0) is 68.0 Å². The second-order valence-electron chi connectivity index (χ2n) is 8.20. The van der Waals surface area contributed by atoms with Crippen LogP contribution >= 0.6 is 27.7 Å². The van der Waals surface area contributed by atoms with Crippen molar-refractivity contribution in [1.29, 1.82) is 0 Å². The Morgan fingerprint density at radius 2 is 1.94 bits per heavy atom. The quantitative estimate of drug-likeness (QED) is 0.221. The minimum absolute atomic E-state index is 0. The third-order valence-corrected chi connectivity index (χ3v) is 7.16. The van der Waals surface area contributed by atoms with Gasteiger partial charge in [0.2, 0.25) is 0 Å². The Bertz CT molecular complexity index is 1270. The zero-order chi connectivity index (χ0) is 23.9. The topological polar surface area (TPSA) is 101 Å². The number of carboxylic acids is 1. The fraction of sp³-hybridized carbons (Fsp3) is 0.269. The van der Waals surface area contributed by atoms with Gasteiger partial charge in [-0.2, -0.15) is 0 Å². The predicted molar refractivity (Wildman–Crippen MR) is 142 cm³/mol. The normalized spacial score (nSPS) is 10.8. The van der Waals surface area contributed by atoms with Crippen LogP contribution in [0.4, 0.5) is 0 Å². The zero-order valence-corrected chi connectivity index (χ0v) is 22.9. The fourth-order valence-electron chi connectivity index (χ4n) is 3.80. The molecule has 0 aliphatic rings. The van der Waals surface area contributed by atoms with Gasteiger partial charge in [0.05, 0.1) is 16.6 Å². The van der Waals surface area contributed by atoms with Gasteiger partial charge < -0.3 is 20.0 Å². The van der Waals surface area contributed by atoms with E-state index in [-0.39, 0.29) is 29.9 Å². The predicted octanol–water partition coefficient (Wildman–Crippen LogP) is 2.58. The van der Waals surface area contributed by atoms with Gasteiger partial charge in [-0.25, -0.2) is 9.78 Å². The third kappa shape index (κ3) is 8.20. The van der Waals surface area contributed by atoms with Crippen LogP contribution in [-0.4, -0.2) is 56.1 Å².